The van der Waals surface area contributed by atoms with Crippen LogP contribution in [0.5, 0.6) is 0 Å². The molecule has 18 aromatic carbocycles. The summed E-state index contributed by atoms with van der Waals surface area (Å²) in [5.74, 6) is 0. The van der Waals surface area contributed by atoms with Crippen molar-refractivity contribution in [3.63, 3.8) is 0 Å². The number of fused-ring (bicyclic) bond motifs is 27. The van der Waals surface area contributed by atoms with Gasteiger partial charge in [-0.25, -0.2) is 15.0 Å². The molecule has 0 atom stereocenters. The van der Waals surface area contributed by atoms with Gasteiger partial charge in [0, 0.05) is 110 Å². The van der Waals surface area contributed by atoms with E-state index in [4.69, 9.17) is 29.9 Å². The van der Waals surface area contributed by atoms with Crippen molar-refractivity contribution in [1.29, 1.82) is 0 Å². The van der Waals surface area contributed by atoms with E-state index >= 15 is 0 Å². The third kappa shape index (κ3) is 11.7. The van der Waals surface area contributed by atoms with Crippen molar-refractivity contribution in [3.8, 4) is 67.2 Å². The van der Waals surface area contributed by atoms with Gasteiger partial charge < -0.3 is 0 Å². The van der Waals surface area contributed by atoms with Gasteiger partial charge in [-0.15, -0.1) is 34.0 Å². The van der Waals surface area contributed by atoms with E-state index in [9.17, 15) is 0 Å². The summed E-state index contributed by atoms with van der Waals surface area (Å²) in [5.41, 5.74) is 26.7. The lowest BCUT2D eigenvalue weighted by Crippen LogP contribution is -1.94. The molecule has 0 bridgehead atoms. The number of thiophene rings is 3. The third-order valence-electron chi connectivity index (χ3n) is 23.6. The highest BCUT2D eigenvalue weighted by molar-refractivity contribution is 7.27. The Morgan fingerprint density at radius 3 is 0.906 bits per heavy atom. The maximum atomic E-state index is 5.30. The summed E-state index contributed by atoms with van der Waals surface area (Å²) in [7, 11) is 0. The molecule has 0 saturated heterocycles. The fourth-order valence-corrected chi connectivity index (χ4v) is 21.7. The van der Waals surface area contributed by atoms with Crippen molar-refractivity contribution in [2.75, 3.05) is 0 Å². The van der Waals surface area contributed by atoms with E-state index in [2.05, 4.69) is 351 Å². The fraction of sp³-hybridized carbons (Fsp3) is 0.0556. The first-order valence-electron chi connectivity index (χ1n) is 39.8. The maximum Gasteiger partial charge on any atom is 0.0979 e. The molecule has 552 valence electrons. The first-order chi connectivity index (χ1) is 57.5. The Bertz CT molecular complexity index is 8210. The van der Waals surface area contributed by atoms with E-state index in [0.29, 0.717) is 0 Å². The van der Waals surface area contributed by atoms with Crippen molar-refractivity contribution in [1.82, 2.24) is 29.9 Å². The summed E-state index contributed by atoms with van der Waals surface area (Å²) in [6.45, 7) is 13.2. The van der Waals surface area contributed by atoms with Gasteiger partial charge in [-0.2, -0.15) is 0 Å². The molecule has 24 aromatic rings. The highest BCUT2D eigenvalue weighted by atomic mass is 32.1. The van der Waals surface area contributed by atoms with Gasteiger partial charge in [0.05, 0.1) is 68.8 Å². The molecular weight excluding hydrogens is 1480 g/mol. The van der Waals surface area contributed by atoms with Crippen LogP contribution in [0.1, 0.15) is 33.4 Å². The van der Waals surface area contributed by atoms with Crippen molar-refractivity contribution in [2.24, 2.45) is 0 Å². The largest absolute Gasteiger partial charge is 0.252 e. The predicted octanol–water partition coefficient (Wildman–Crippen LogP) is 30.8. The van der Waals surface area contributed by atoms with Crippen molar-refractivity contribution < 1.29 is 0 Å². The molecule has 0 unspecified atom stereocenters. The van der Waals surface area contributed by atoms with Gasteiger partial charge in [-0.1, -0.05) is 266 Å². The number of benzene rings is 18. The molecule has 0 aliphatic carbocycles. The van der Waals surface area contributed by atoms with Crippen LogP contribution in [0, 0.1) is 41.5 Å². The summed E-state index contributed by atoms with van der Waals surface area (Å²) in [6, 6.07) is 111. The van der Waals surface area contributed by atoms with Gasteiger partial charge in [-0.05, 0) is 184 Å². The quantitative estimate of drug-likeness (QED) is 0.154. The van der Waals surface area contributed by atoms with E-state index < -0.39 is 0 Å². The molecule has 6 heterocycles. The average Bonchev–Trinajstić information content (AvgIpc) is 1.71. The van der Waals surface area contributed by atoms with Crippen molar-refractivity contribution in [3.05, 3.63) is 361 Å². The van der Waals surface area contributed by atoms with Crippen LogP contribution in [0.3, 0.4) is 0 Å². The Morgan fingerprint density at radius 1 is 0.188 bits per heavy atom. The number of hydrogen-bond acceptors (Lipinski definition) is 9. The van der Waals surface area contributed by atoms with Crippen LogP contribution < -0.4 is 0 Å². The lowest BCUT2D eigenvalue weighted by molar-refractivity contribution is 1.31. The van der Waals surface area contributed by atoms with E-state index in [1.807, 2.05) is 52.6 Å². The second kappa shape index (κ2) is 28.0. The Labute approximate surface area is 687 Å². The topological polar surface area (TPSA) is 77.3 Å². The van der Waals surface area contributed by atoms with Gasteiger partial charge in [0.2, 0.25) is 0 Å². The molecule has 6 nitrogen and oxygen atoms in total. The van der Waals surface area contributed by atoms with Crippen molar-refractivity contribution >= 4 is 192 Å². The maximum absolute atomic E-state index is 5.30. The van der Waals surface area contributed by atoms with Crippen LogP contribution in [0.2, 0.25) is 0 Å². The smallest absolute Gasteiger partial charge is 0.0979 e. The SMILES string of the molecule is Cc1cc(C)c2sc3c(C)cc(-c4ccccc4-c4cnc5c6ccccc6c6ccccc6c5n4)cc3c2c1.Cc1ccc2sc3ccc(-c4ccccc4-c4cnc5c6ccccc6c6ccccc6c5n4)cc3c2c1.Cc1cccc2c1sc1c(C)cc(-c3ccccc3-c3cnc4c5ccccc5c5ccccc5c4n3)cc12. The number of aryl methyl sites for hydroxylation is 6. The third-order valence-corrected chi connectivity index (χ3v) is 27.8. The summed E-state index contributed by atoms with van der Waals surface area (Å²) in [5, 5.41) is 22.1. The Balaban J connectivity index is 0.000000106. The van der Waals surface area contributed by atoms with Gasteiger partial charge in [0.15, 0.2) is 0 Å². The molecular formula is C108H72N6S3. The number of rotatable bonds is 6. The molecule has 0 radical (unpaired) electrons. The van der Waals surface area contributed by atoms with E-state index in [-0.39, 0.29) is 0 Å². The second-order valence-electron chi connectivity index (χ2n) is 31.0. The normalized spacial score (nSPS) is 11.8. The van der Waals surface area contributed by atoms with Crippen LogP contribution in [-0.2, 0) is 0 Å². The highest BCUT2D eigenvalue weighted by Gasteiger charge is 2.22. The monoisotopic (exact) mass is 1550 g/mol. The fourth-order valence-electron chi connectivity index (χ4n) is 18.2. The van der Waals surface area contributed by atoms with Crippen LogP contribution in [0.4, 0.5) is 0 Å². The standard InChI is InChI=1S/C37H26N2S.C36H24N2S.C35H22N2S/c1-21-16-22(2)36-31(17-21)32-19-24(18-23(3)37(32)40-36)25-10-4-7-13-28(25)33-20-38-34-29-14-8-5-11-26(29)27-12-6-9-15-30(27)35(34)39-33;1-21-10-9-17-30-31-19-23(18-22(2)36(31)39-35(21)30)24-11-3-6-14-27(24)32-20-37-33-28-15-7-4-12-25(28)26-13-5-8-16-29(26)34(33)38-32;1-21-14-16-32-29(18-21)30-19-22(15-17-33(30)38-32)23-8-2-5-11-26(23)31-20-36-34-27-12-6-3-9-24(27)25-10-4-7-13-28(25)35(34)37-31/h4-20H,1-3H3;3-20H,1-2H3;2-20H,1H3. The summed E-state index contributed by atoms with van der Waals surface area (Å²) in [6.07, 6.45) is 5.82. The number of nitrogens with zero attached hydrogens (tertiary/aromatic N) is 6. The van der Waals surface area contributed by atoms with Crippen LogP contribution >= 0.6 is 34.0 Å². The number of aromatic nitrogens is 6. The number of hydrogen-bond donors (Lipinski definition) is 0. The lowest BCUT2D eigenvalue weighted by atomic mass is 9.94. The molecule has 0 saturated carbocycles. The first-order valence-corrected chi connectivity index (χ1v) is 42.2. The van der Waals surface area contributed by atoms with Gasteiger partial charge in [-0.3, -0.25) is 15.0 Å². The van der Waals surface area contributed by atoms with Crippen LogP contribution in [0.15, 0.2) is 328 Å². The van der Waals surface area contributed by atoms with E-state index in [0.717, 1.165) is 99.2 Å². The highest BCUT2D eigenvalue weighted by Crippen LogP contribution is 2.47. The molecule has 0 spiro atoms. The molecule has 6 aromatic heterocycles. The zero-order valence-corrected chi connectivity index (χ0v) is 67.5. The molecule has 117 heavy (non-hydrogen) atoms. The van der Waals surface area contributed by atoms with Gasteiger partial charge >= 0.3 is 0 Å². The summed E-state index contributed by atoms with van der Waals surface area (Å²) >= 11 is 5.67. The molecule has 9 heteroatoms. The Kier molecular flexibility index (Phi) is 16.7. The van der Waals surface area contributed by atoms with Gasteiger partial charge in [0.1, 0.15) is 0 Å². The molecule has 0 fully saturated rings. The minimum atomic E-state index is 0.889. The minimum absolute atomic E-state index is 0.889. The second-order valence-corrected chi connectivity index (χ2v) is 34.2. The van der Waals surface area contributed by atoms with E-state index in [1.54, 1.807) is 0 Å². The molecule has 0 N–H and O–H groups in total. The van der Waals surface area contributed by atoms with Crippen molar-refractivity contribution in [2.45, 2.75) is 41.5 Å². The molecule has 24 rings (SSSR count). The first kappa shape index (κ1) is 69.9. The minimum Gasteiger partial charge on any atom is -0.252 e. The van der Waals surface area contributed by atoms with Crippen LogP contribution in [0.25, 0.3) is 225 Å². The molecule has 0 amide bonds. The zero-order valence-electron chi connectivity index (χ0n) is 65.1. The zero-order chi connectivity index (χ0) is 78.3. The summed E-state index contributed by atoms with van der Waals surface area (Å²) in [4.78, 5) is 30.9. The molecule has 0 aliphatic rings. The lowest BCUT2D eigenvalue weighted by Gasteiger charge is -2.13. The van der Waals surface area contributed by atoms with Crippen LogP contribution in [-0.4, -0.2) is 29.9 Å². The Morgan fingerprint density at radius 2 is 0.487 bits per heavy atom. The molecule has 0 aliphatic heterocycles. The average molecular weight is 1550 g/mol. The van der Waals surface area contributed by atoms with E-state index in [1.165, 1.54) is 160 Å². The van der Waals surface area contributed by atoms with Gasteiger partial charge in [0.25, 0.3) is 0 Å². The Hall–Kier alpha value is -13.8. The predicted molar refractivity (Wildman–Crippen MR) is 503 cm³/mol. The summed E-state index contributed by atoms with van der Waals surface area (Å²) < 4.78 is 8.14.